The normalized spacial score (nSPS) is 10.9. The summed E-state index contributed by atoms with van der Waals surface area (Å²) < 4.78 is 5.34. The maximum Gasteiger partial charge on any atom is 0.336 e. The summed E-state index contributed by atoms with van der Waals surface area (Å²) in [6.07, 6.45) is 1.85. The number of amides is 1. The van der Waals surface area contributed by atoms with Gasteiger partial charge in [-0.05, 0) is 23.3 Å². The topological polar surface area (TPSA) is 62.6 Å². The Morgan fingerprint density at radius 1 is 1.15 bits per heavy atom. The molecule has 0 fully saturated rings. The first-order chi connectivity index (χ1) is 13.0. The number of carbonyl (C=O) groups is 1. The van der Waals surface area contributed by atoms with Gasteiger partial charge in [0.2, 0.25) is 5.91 Å². The van der Waals surface area contributed by atoms with Crippen LogP contribution in [0.25, 0.3) is 11.0 Å². The minimum atomic E-state index is -0.407. The summed E-state index contributed by atoms with van der Waals surface area (Å²) >= 11 is 0. The molecule has 0 aliphatic heterocycles. The molecule has 1 amide bonds. The molecule has 0 atom stereocenters. The van der Waals surface area contributed by atoms with Gasteiger partial charge < -0.3 is 9.73 Å². The Morgan fingerprint density at radius 2 is 1.93 bits per heavy atom. The van der Waals surface area contributed by atoms with Gasteiger partial charge in [0.1, 0.15) is 5.58 Å². The van der Waals surface area contributed by atoms with Gasteiger partial charge in [-0.1, -0.05) is 36.4 Å². The second-order valence-corrected chi connectivity index (χ2v) is 6.43. The molecule has 1 N–H and O–H groups in total. The first kappa shape index (κ1) is 18.6. The van der Waals surface area contributed by atoms with Crippen molar-refractivity contribution in [2.75, 3.05) is 11.9 Å². The second kappa shape index (κ2) is 8.47. The zero-order valence-electron chi connectivity index (χ0n) is 15.3. The number of nitrogens with one attached hydrogen (secondary N) is 1. The lowest BCUT2D eigenvalue weighted by Crippen LogP contribution is -2.23. The maximum atomic E-state index is 12.0. The van der Waals surface area contributed by atoms with Crippen molar-refractivity contribution in [3.8, 4) is 0 Å². The third kappa shape index (κ3) is 4.92. The van der Waals surface area contributed by atoms with E-state index in [-0.39, 0.29) is 5.91 Å². The number of hydrogen-bond acceptors (Lipinski definition) is 4. The molecule has 0 aliphatic carbocycles. The molecular weight excluding hydrogens is 340 g/mol. The molecule has 0 bridgehead atoms. The lowest BCUT2D eigenvalue weighted by molar-refractivity contribution is -0.114. The Labute approximate surface area is 157 Å². The van der Waals surface area contributed by atoms with Crippen LogP contribution in [0.3, 0.4) is 0 Å². The minimum Gasteiger partial charge on any atom is -0.423 e. The number of rotatable bonds is 7. The van der Waals surface area contributed by atoms with Crippen LogP contribution >= 0.6 is 0 Å². The van der Waals surface area contributed by atoms with Crippen molar-refractivity contribution in [3.63, 3.8) is 0 Å². The number of carbonyl (C=O) groups excluding carboxylic acids is 1. The van der Waals surface area contributed by atoms with E-state index in [1.54, 1.807) is 6.07 Å². The zero-order valence-corrected chi connectivity index (χ0v) is 15.3. The fourth-order valence-corrected chi connectivity index (χ4v) is 3.09. The number of fused-ring (bicyclic) bond motifs is 1. The average Bonchev–Trinajstić information content (AvgIpc) is 2.62. The van der Waals surface area contributed by atoms with Crippen molar-refractivity contribution in [1.82, 2.24) is 4.90 Å². The highest BCUT2D eigenvalue weighted by atomic mass is 16.4. The standard InChI is InChI=1S/C22H22N2O3/c1-3-11-24(14-17-7-5-4-6-8-17)15-18-12-22(26)27-21-13-19(23-16(2)25)9-10-20(18)21/h3-10,12-13H,1,11,14-15H2,2H3,(H,23,25). The Bertz CT molecular complexity index is 1010. The molecule has 0 saturated carbocycles. The van der Waals surface area contributed by atoms with Crippen LogP contribution in [-0.4, -0.2) is 17.4 Å². The summed E-state index contributed by atoms with van der Waals surface area (Å²) in [5, 5.41) is 3.56. The Kier molecular flexibility index (Phi) is 5.84. The van der Waals surface area contributed by atoms with E-state index in [0.717, 1.165) is 17.5 Å². The largest absolute Gasteiger partial charge is 0.423 e. The van der Waals surface area contributed by atoms with Crippen LogP contribution in [0.15, 0.2) is 76.5 Å². The van der Waals surface area contributed by atoms with Gasteiger partial charge in [0.05, 0.1) is 0 Å². The molecule has 3 aromatic rings. The monoisotopic (exact) mass is 362 g/mol. The molecular formula is C22H22N2O3. The van der Waals surface area contributed by atoms with Crippen molar-refractivity contribution in [2.24, 2.45) is 0 Å². The van der Waals surface area contributed by atoms with Crippen LogP contribution < -0.4 is 10.9 Å². The van der Waals surface area contributed by atoms with Crippen LogP contribution in [0.2, 0.25) is 0 Å². The van der Waals surface area contributed by atoms with Gasteiger partial charge in [0.25, 0.3) is 0 Å². The van der Waals surface area contributed by atoms with E-state index < -0.39 is 5.63 Å². The van der Waals surface area contributed by atoms with Crippen LogP contribution in [-0.2, 0) is 17.9 Å². The van der Waals surface area contributed by atoms with E-state index in [9.17, 15) is 9.59 Å². The fraction of sp³-hybridized carbons (Fsp3) is 0.182. The SMILES string of the molecule is C=CCN(Cc1ccccc1)Cc1cc(=O)oc2cc(NC(C)=O)ccc12. The number of hydrogen-bond donors (Lipinski definition) is 1. The molecule has 0 spiro atoms. The Hall–Kier alpha value is -3.18. The average molecular weight is 362 g/mol. The van der Waals surface area contributed by atoms with Crippen LogP contribution in [0.5, 0.6) is 0 Å². The van der Waals surface area contributed by atoms with Gasteiger partial charge in [-0.15, -0.1) is 6.58 Å². The molecule has 2 aromatic carbocycles. The van der Waals surface area contributed by atoms with Gasteiger partial charge >= 0.3 is 5.63 Å². The lowest BCUT2D eigenvalue weighted by Gasteiger charge is -2.21. The van der Waals surface area contributed by atoms with Crippen molar-refractivity contribution < 1.29 is 9.21 Å². The Balaban J connectivity index is 1.92. The fourth-order valence-electron chi connectivity index (χ4n) is 3.09. The van der Waals surface area contributed by atoms with Gasteiger partial charge in [0, 0.05) is 49.8 Å². The van der Waals surface area contributed by atoms with E-state index in [1.165, 1.54) is 18.6 Å². The lowest BCUT2D eigenvalue weighted by atomic mass is 10.1. The summed E-state index contributed by atoms with van der Waals surface area (Å²) in [5.41, 5.74) is 2.73. The minimum absolute atomic E-state index is 0.173. The summed E-state index contributed by atoms with van der Waals surface area (Å²) in [6, 6.07) is 17.0. The molecule has 1 heterocycles. The van der Waals surface area contributed by atoms with E-state index in [4.69, 9.17) is 4.42 Å². The van der Waals surface area contributed by atoms with Crippen LogP contribution in [0, 0.1) is 0 Å². The van der Waals surface area contributed by atoms with Crippen LogP contribution in [0.1, 0.15) is 18.1 Å². The van der Waals surface area contributed by atoms with E-state index >= 15 is 0 Å². The maximum absolute atomic E-state index is 12.0. The molecule has 0 radical (unpaired) electrons. The van der Waals surface area contributed by atoms with Crippen molar-refractivity contribution in [1.29, 1.82) is 0 Å². The van der Waals surface area contributed by atoms with Gasteiger partial charge in [0.15, 0.2) is 0 Å². The summed E-state index contributed by atoms with van der Waals surface area (Å²) in [6.45, 7) is 7.31. The highest BCUT2D eigenvalue weighted by Gasteiger charge is 2.12. The molecule has 5 nitrogen and oxygen atoms in total. The molecule has 0 saturated heterocycles. The first-order valence-electron chi connectivity index (χ1n) is 8.76. The third-order valence-corrected chi connectivity index (χ3v) is 4.18. The molecule has 3 rings (SSSR count). The van der Waals surface area contributed by atoms with Crippen molar-refractivity contribution in [3.05, 3.63) is 88.8 Å². The highest BCUT2D eigenvalue weighted by Crippen LogP contribution is 2.23. The van der Waals surface area contributed by atoms with Gasteiger partial charge in [-0.3, -0.25) is 9.69 Å². The summed E-state index contributed by atoms with van der Waals surface area (Å²) in [4.78, 5) is 25.5. The number of anilines is 1. The van der Waals surface area contributed by atoms with Gasteiger partial charge in [-0.2, -0.15) is 0 Å². The molecule has 0 aliphatic rings. The third-order valence-electron chi connectivity index (χ3n) is 4.18. The smallest absolute Gasteiger partial charge is 0.336 e. The van der Waals surface area contributed by atoms with E-state index in [2.05, 4.69) is 28.9 Å². The molecule has 0 unspecified atom stereocenters. The second-order valence-electron chi connectivity index (χ2n) is 6.43. The molecule has 27 heavy (non-hydrogen) atoms. The van der Waals surface area contributed by atoms with E-state index in [1.807, 2.05) is 36.4 Å². The summed E-state index contributed by atoms with van der Waals surface area (Å²) in [5.74, 6) is -0.173. The predicted molar refractivity (Wildman–Crippen MR) is 108 cm³/mol. The highest BCUT2D eigenvalue weighted by molar-refractivity contribution is 5.92. The number of benzene rings is 2. The first-order valence-corrected chi connectivity index (χ1v) is 8.76. The quantitative estimate of drug-likeness (QED) is 0.511. The summed E-state index contributed by atoms with van der Waals surface area (Å²) in [7, 11) is 0. The van der Waals surface area contributed by atoms with Crippen LogP contribution in [0.4, 0.5) is 5.69 Å². The molecule has 1 aromatic heterocycles. The number of nitrogens with zero attached hydrogens (tertiary/aromatic N) is 1. The van der Waals surface area contributed by atoms with E-state index in [0.29, 0.717) is 24.4 Å². The predicted octanol–water partition coefficient (Wildman–Crippen LogP) is 3.94. The Morgan fingerprint density at radius 3 is 2.63 bits per heavy atom. The van der Waals surface area contributed by atoms with Crippen molar-refractivity contribution in [2.45, 2.75) is 20.0 Å². The molecule has 138 valence electrons. The van der Waals surface area contributed by atoms with Gasteiger partial charge in [-0.25, -0.2) is 4.79 Å². The van der Waals surface area contributed by atoms with Crippen molar-refractivity contribution >= 4 is 22.6 Å². The zero-order chi connectivity index (χ0) is 19.2. The molecule has 5 heteroatoms.